The number of hydrazone groups is 1. The van der Waals surface area contributed by atoms with Crippen molar-refractivity contribution in [2.45, 2.75) is 12.8 Å². The molecule has 3 rings (SSSR count). The topological polar surface area (TPSA) is 57.2 Å². The lowest BCUT2D eigenvalue weighted by Gasteiger charge is -2.11. The summed E-state index contributed by atoms with van der Waals surface area (Å²) in [4.78, 5) is 15.0. The lowest BCUT2D eigenvalue weighted by atomic mass is 9.91. The number of H-pyrrole nitrogens is 1. The van der Waals surface area contributed by atoms with Gasteiger partial charge in [-0.3, -0.25) is 4.79 Å². The van der Waals surface area contributed by atoms with Gasteiger partial charge in [0.2, 0.25) is 0 Å². The average Bonchev–Trinajstić information content (AvgIpc) is 3.11. The van der Waals surface area contributed by atoms with Gasteiger partial charge in [0.25, 0.3) is 5.91 Å². The van der Waals surface area contributed by atoms with Crippen molar-refractivity contribution in [3.8, 4) is 0 Å². The van der Waals surface area contributed by atoms with E-state index in [0.29, 0.717) is 5.57 Å². The first-order valence-corrected chi connectivity index (χ1v) is 6.54. The van der Waals surface area contributed by atoms with Gasteiger partial charge in [-0.05, 0) is 23.8 Å². The zero-order chi connectivity index (χ0) is 13.9. The van der Waals surface area contributed by atoms with E-state index in [9.17, 15) is 4.79 Å². The maximum Gasteiger partial charge on any atom is 0.273 e. The molecule has 0 fully saturated rings. The molecule has 0 aliphatic carbocycles. The number of carbonyl (C=O) groups is 1. The fraction of sp³-hybridized carbons (Fsp3) is 0.125. The fourth-order valence-electron chi connectivity index (χ4n) is 2.31. The van der Waals surface area contributed by atoms with Gasteiger partial charge in [0.15, 0.2) is 0 Å². The predicted molar refractivity (Wildman–Crippen MR) is 79.2 cm³/mol. The first kappa shape index (κ1) is 12.4. The van der Waals surface area contributed by atoms with E-state index in [-0.39, 0.29) is 11.8 Å². The normalized spacial score (nSPS) is 17.9. The van der Waals surface area contributed by atoms with Gasteiger partial charge in [0, 0.05) is 17.8 Å². The van der Waals surface area contributed by atoms with Crippen molar-refractivity contribution < 1.29 is 4.79 Å². The van der Waals surface area contributed by atoms with Gasteiger partial charge in [-0.1, -0.05) is 37.3 Å². The Morgan fingerprint density at radius 1 is 1.15 bits per heavy atom. The third-order valence-electron chi connectivity index (χ3n) is 3.43. The molecule has 1 aromatic carbocycles. The zero-order valence-electron chi connectivity index (χ0n) is 11.1. The minimum atomic E-state index is -0.155. The van der Waals surface area contributed by atoms with E-state index in [1.54, 1.807) is 0 Å². The number of benzene rings is 1. The second-order valence-electron chi connectivity index (χ2n) is 4.75. The minimum Gasteiger partial charge on any atom is -0.362 e. The SMILES string of the molecule is CC(C1=NNC(=O)/C1=C/c1ccc[nH]1)c1ccccc1. The highest BCUT2D eigenvalue weighted by molar-refractivity contribution is 6.29. The van der Waals surface area contributed by atoms with Crippen molar-refractivity contribution in [3.63, 3.8) is 0 Å². The van der Waals surface area contributed by atoms with Crippen molar-refractivity contribution in [2.24, 2.45) is 5.10 Å². The number of nitrogens with zero attached hydrogens (tertiary/aromatic N) is 1. The van der Waals surface area contributed by atoms with E-state index in [2.05, 4.69) is 22.4 Å². The minimum absolute atomic E-state index is 0.0661. The highest BCUT2D eigenvalue weighted by Crippen LogP contribution is 2.24. The molecule has 0 saturated carbocycles. The van der Waals surface area contributed by atoms with Crippen molar-refractivity contribution in [1.82, 2.24) is 10.4 Å². The molecule has 0 spiro atoms. The maximum absolute atomic E-state index is 11.9. The number of hydrogen-bond acceptors (Lipinski definition) is 2. The molecular formula is C16H15N3O. The molecule has 0 radical (unpaired) electrons. The molecule has 2 heterocycles. The molecule has 20 heavy (non-hydrogen) atoms. The van der Waals surface area contributed by atoms with Crippen LogP contribution in [0.4, 0.5) is 0 Å². The van der Waals surface area contributed by atoms with Gasteiger partial charge >= 0.3 is 0 Å². The summed E-state index contributed by atoms with van der Waals surface area (Å²) in [5, 5.41) is 4.19. The molecule has 1 amide bonds. The van der Waals surface area contributed by atoms with Crippen LogP contribution >= 0.6 is 0 Å². The molecule has 2 aromatic rings. The maximum atomic E-state index is 11.9. The predicted octanol–water partition coefficient (Wildman–Crippen LogP) is 2.69. The second kappa shape index (κ2) is 5.17. The van der Waals surface area contributed by atoms with Crippen LogP contribution in [0.5, 0.6) is 0 Å². The van der Waals surface area contributed by atoms with Crippen LogP contribution in [0.2, 0.25) is 0 Å². The second-order valence-corrected chi connectivity index (χ2v) is 4.75. The molecule has 1 aromatic heterocycles. The molecular weight excluding hydrogens is 250 g/mol. The molecule has 4 heteroatoms. The Morgan fingerprint density at radius 2 is 1.95 bits per heavy atom. The summed E-state index contributed by atoms with van der Waals surface area (Å²) >= 11 is 0. The number of amides is 1. The van der Waals surface area contributed by atoms with Crippen LogP contribution in [0.15, 0.2) is 59.3 Å². The number of aromatic amines is 1. The molecule has 4 nitrogen and oxygen atoms in total. The Kier molecular flexibility index (Phi) is 3.21. The number of rotatable bonds is 3. The Bertz CT molecular complexity index is 669. The van der Waals surface area contributed by atoms with Gasteiger partial charge in [0.1, 0.15) is 0 Å². The lowest BCUT2D eigenvalue weighted by molar-refractivity contribution is -0.116. The molecule has 100 valence electrons. The van der Waals surface area contributed by atoms with Crippen LogP contribution < -0.4 is 5.43 Å². The number of hydrogen-bond donors (Lipinski definition) is 2. The zero-order valence-corrected chi connectivity index (χ0v) is 11.1. The number of nitrogens with one attached hydrogen (secondary N) is 2. The summed E-state index contributed by atoms with van der Waals surface area (Å²) in [5.74, 6) is -0.0891. The van der Waals surface area contributed by atoms with Gasteiger partial charge in [0.05, 0.1) is 11.3 Å². The van der Waals surface area contributed by atoms with Crippen LogP contribution in [0, 0.1) is 0 Å². The van der Waals surface area contributed by atoms with Crippen molar-refractivity contribution in [1.29, 1.82) is 0 Å². The Morgan fingerprint density at radius 3 is 2.65 bits per heavy atom. The van der Waals surface area contributed by atoms with E-state index in [1.807, 2.05) is 54.7 Å². The summed E-state index contributed by atoms with van der Waals surface area (Å²) in [7, 11) is 0. The summed E-state index contributed by atoms with van der Waals surface area (Å²) in [6, 6.07) is 13.9. The first-order valence-electron chi connectivity index (χ1n) is 6.54. The van der Waals surface area contributed by atoms with Gasteiger partial charge in [-0.25, -0.2) is 5.43 Å². The third kappa shape index (κ3) is 2.28. The summed E-state index contributed by atoms with van der Waals surface area (Å²) in [6.07, 6.45) is 3.66. The van der Waals surface area contributed by atoms with Crippen LogP contribution in [0.25, 0.3) is 6.08 Å². The fourth-order valence-corrected chi connectivity index (χ4v) is 2.31. The van der Waals surface area contributed by atoms with Crippen LogP contribution in [-0.4, -0.2) is 16.6 Å². The van der Waals surface area contributed by atoms with Crippen molar-refractivity contribution in [3.05, 3.63) is 65.5 Å². The summed E-state index contributed by atoms with van der Waals surface area (Å²) in [5.41, 5.74) is 5.97. The molecule has 0 bridgehead atoms. The van der Waals surface area contributed by atoms with Gasteiger partial charge in [-0.2, -0.15) is 5.10 Å². The standard InChI is InChI=1S/C16H15N3O/c1-11(12-6-3-2-4-7-12)15-14(16(20)19-18-15)10-13-8-5-9-17-13/h2-11,17H,1H3,(H,19,20)/b14-10+. The molecule has 1 atom stereocenters. The van der Waals surface area contributed by atoms with Crippen molar-refractivity contribution >= 4 is 17.7 Å². The van der Waals surface area contributed by atoms with Crippen LogP contribution in [-0.2, 0) is 4.79 Å². The molecule has 1 aliphatic heterocycles. The number of aromatic nitrogens is 1. The Balaban J connectivity index is 1.94. The van der Waals surface area contributed by atoms with Crippen molar-refractivity contribution in [2.75, 3.05) is 0 Å². The monoisotopic (exact) mass is 265 g/mol. The third-order valence-corrected chi connectivity index (χ3v) is 3.43. The van der Waals surface area contributed by atoms with Gasteiger partial charge < -0.3 is 4.98 Å². The van der Waals surface area contributed by atoms with Gasteiger partial charge in [-0.15, -0.1) is 0 Å². The average molecular weight is 265 g/mol. The lowest BCUT2D eigenvalue weighted by Crippen LogP contribution is -2.15. The van der Waals surface area contributed by atoms with E-state index >= 15 is 0 Å². The van der Waals surface area contributed by atoms with E-state index in [0.717, 1.165) is 17.0 Å². The quantitative estimate of drug-likeness (QED) is 0.824. The van der Waals surface area contributed by atoms with E-state index in [1.165, 1.54) is 0 Å². The highest BCUT2D eigenvalue weighted by atomic mass is 16.2. The molecule has 0 saturated heterocycles. The number of carbonyl (C=O) groups excluding carboxylic acids is 1. The highest BCUT2D eigenvalue weighted by Gasteiger charge is 2.27. The van der Waals surface area contributed by atoms with Crippen LogP contribution in [0.3, 0.4) is 0 Å². The van der Waals surface area contributed by atoms with Crippen LogP contribution in [0.1, 0.15) is 24.1 Å². The molecule has 1 unspecified atom stereocenters. The molecule has 2 N–H and O–H groups in total. The summed E-state index contributed by atoms with van der Waals surface area (Å²) in [6.45, 7) is 2.05. The van der Waals surface area contributed by atoms with E-state index < -0.39 is 0 Å². The Labute approximate surface area is 117 Å². The smallest absolute Gasteiger partial charge is 0.273 e. The largest absolute Gasteiger partial charge is 0.362 e. The molecule has 1 aliphatic rings. The first-order chi connectivity index (χ1) is 9.75. The Hall–Kier alpha value is -2.62. The van der Waals surface area contributed by atoms with E-state index in [4.69, 9.17) is 0 Å². The summed E-state index contributed by atoms with van der Waals surface area (Å²) < 4.78 is 0.